The van der Waals surface area contributed by atoms with E-state index in [1.807, 2.05) is 42.0 Å². The highest BCUT2D eigenvalue weighted by Gasteiger charge is 2.26. The molecular formula is C15H19N3O. The van der Waals surface area contributed by atoms with Crippen molar-refractivity contribution in [2.45, 2.75) is 25.8 Å². The highest BCUT2D eigenvalue weighted by molar-refractivity contribution is 5.85. The summed E-state index contributed by atoms with van der Waals surface area (Å²) in [5.41, 5.74) is 1.41. The van der Waals surface area contributed by atoms with Crippen LogP contribution in [0, 0.1) is 11.3 Å². The minimum absolute atomic E-state index is 0.146. The number of hydrogen-bond donors (Lipinski definition) is 0. The molecule has 1 amide bonds. The minimum Gasteiger partial charge on any atom is -0.362 e. The van der Waals surface area contributed by atoms with Crippen LogP contribution in [-0.4, -0.2) is 37.0 Å². The molecule has 1 fully saturated rings. The number of carbonyl (C=O) groups excluding carboxylic acids is 1. The van der Waals surface area contributed by atoms with E-state index in [0.29, 0.717) is 5.56 Å². The number of para-hydroxylation sites is 1. The third-order valence-electron chi connectivity index (χ3n) is 3.76. The molecule has 4 heteroatoms. The Labute approximate surface area is 114 Å². The summed E-state index contributed by atoms with van der Waals surface area (Å²) in [4.78, 5) is 16.2. The smallest absolute Gasteiger partial charge is 0.244 e. The summed E-state index contributed by atoms with van der Waals surface area (Å²) in [5, 5.41) is 9.13. The van der Waals surface area contributed by atoms with Crippen LogP contribution in [-0.2, 0) is 4.79 Å². The van der Waals surface area contributed by atoms with Crippen molar-refractivity contribution in [2.75, 3.05) is 25.0 Å². The Morgan fingerprint density at radius 3 is 2.63 bits per heavy atom. The Morgan fingerprint density at radius 2 is 2.00 bits per heavy atom. The Balaban J connectivity index is 2.16. The predicted molar refractivity (Wildman–Crippen MR) is 74.8 cm³/mol. The monoisotopic (exact) mass is 257 g/mol. The van der Waals surface area contributed by atoms with Gasteiger partial charge in [-0.2, -0.15) is 5.26 Å². The summed E-state index contributed by atoms with van der Waals surface area (Å²) in [6, 6.07) is 9.31. The molecular weight excluding hydrogens is 238 g/mol. The van der Waals surface area contributed by atoms with Gasteiger partial charge in [-0.1, -0.05) is 12.1 Å². The lowest BCUT2D eigenvalue weighted by Gasteiger charge is -2.30. The van der Waals surface area contributed by atoms with Crippen molar-refractivity contribution < 1.29 is 4.79 Å². The lowest BCUT2D eigenvalue weighted by molar-refractivity contribution is -0.131. The average Bonchev–Trinajstić information content (AvgIpc) is 2.99. The van der Waals surface area contributed by atoms with E-state index in [2.05, 4.69) is 6.07 Å². The van der Waals surface area contributed by atoms with E-state index >= 15 is 0 Å². The molecule has 1 heterocycles. The van der Waals surface area contributed by atoms with Gasteiger partial charge in [0.2, 0.25) is 5.91 Å². The molecule has 1 unspecified atom stereocenters. The Kier molecular flexibility index (Phi) is 4.06. The predicted octanol–water partition coefficient (Wildman–Crippen LogP) is 2.01. The summed E-state index contributed by atoms with van der Waals surface area (Å²) in [6.45, 7) is 3.61. The fourth-order valence-corrected chi connectivity index (χ4v) is 2.45. The number of nitriles is 1. The molecule has 1 atom stereocenters. The molecule has 2 rings (SSSR count). The average molecular weight is 257 g/mol. The van der Waals surface area contributed by atoms with E-state index < -0.39 is 0 Å². The molecule has 19 heavy (non-hydrogen) atoms. The van der Waals surface area contributed by atoms with Crippen LogP contribution < -0.4 is 4.90 Å². The van der Waals surface area contributed by atoms with Gasteiger partial charge in [0.1, 0.15) is 12.1 Å². The topological polar surface area (TPSA) is 47.3 Å². The van der Waals surface area contributed by atoms with Gasteiger partial charge in [-0.15, -0.1) is 0 Å². The van der Waals surface area contributed by atoms with Gasteiger partial charge in [0.05, 0.1) is 11.3 Å². The van der Waals surface area contributed by atoms with Crippen molar-refractivity contribution in [3.05, 3.63) is 29.8 Å². The van der Waals surface area contributed by atoms with Crippen LogP contribution in [0.25, 0.3) is 0 Å². The van der Waals surface area contributed by atoms with E-state index in [0.717, 1.165) is 31.6 Å². The first-order valence-electron chi connectivity index (χ1n) is 6.66. The molecule has 1 aromatic rings. The maximum Gasteiger partial charge on any atom is 0.244 e. The van der Waals surface area contributed by atoms with Gasteiger partial charge in [0, 0.05) is 20.1 Å². The Morgan fingerprint density at radius 1 is 1.37 bits per heavy atom. The quantitative estimate of drug-likeness (QED) is 0.832. The number of amides is 1. The van der Waals surface area contributed by atoms with Gasteiger partial charge in [-0.25, -0.2) is 0 Å². The highest BCUT2D eigenvalue weighted by Crippen LogP contribution is 2.21. The second-order valence-electron chi connectivity index (χ2n) is 4.95. The molecule has 0 N–H and O–H groups in total. The van der Waals surface area contributed by atoms with Gasteiger partial charge < -0.3 is 9.80 Å². The Hall–Kier alpha value is -2.02. The normalized spacial score (nSPS) is 15.9. The largest absolute Gasteiger partial charge is 0.362 e. The van der Waals surface area contributed by atoms with E-state index in [1.165, 1.54) is 0 Å². The van der Waals surface area contributed by atoms with Crippen LogP contribution in [0.1, 0.15) is 25.3 Å². The zero-order valence-corrected chi connectivity index (χ0v) is 11.5. The van der Waals surface area contributed by atoms with E-state index in [-0.39, 0.29) is 11.9 Å². The zero-order valence-electron chi connectivity index (χ0n) is 11.5. The lowest BCUT2D eigenvalue weighted by atomic mass is 10.1. The van der Waals surface area contributed by atoms with Crippen LogP contribution in [0.15, 0.2) is 24.3 Å². The number of likely N-dealkylation sites (tertiary alicyclic amines) is 1. The van der Waals surface area contributed by atoms with Gasteiger partial charge in [-0.3, -0.25) is 4.79 Å². The zero-order chi connectivity index (χ0) is 13.8. The number of anilines is 1. The molecule has 0 radical (unpaired) electrons. The van der Waals surface area contributed by atoms with Gasteiger partial charge in [0.25, 0.3) is 0 Å². The number of nitrogens with zero attached hydrogens (tertiary/aromatic N) is 3. The van der Waals surface area contributed by atoms with Gasteiger partial charge in [0.15, 0.2) is 0 Å². The summed E-state index contributed by atoms with van der Waals surface area (Å²) < 4.78 is 0. The molecule has 1 aromatic carbocycles. The summed E-state index contributed by atoms with van der Waals surface area (Å²) in [6.07, 6.45) is 2.19. The summed E-state index contributed by atoms with van der Waals surface area (Å²) in [5.74, 6) is 0.146. The maximum absolute atomic E-state index is 12.4. The van der Waals surface area contributed by atoms with Crippen molar-refractivity contribution >= 4 is 11.6 Å². The highest BCUT2D eigenvalue weighted by atomic mass is 16.2. The van der Waals surface area contributed by atoms with Gasteiger partial charge in [-0.05, 0) is 31.9 Å². The van der Waals surface area contributed by atoms with Crippen molar-refractivity contribution in [3.63, 3.8) is 0 Å². The van der Waals surface area contributed by atoms with Crippen LogP contribution in [0.2, 0.25) is 0 Å². The first-order valence-corrected chi connectivity index (χ1v) is 6.66. The van der Waals surface area contributed by atoms with Crippen LogP contribution in [0.4, 0.5) is 5.69 Å². The Bertz CT molecular complexity index is 500. The maximum atomic E-state index is 12.4. The van der Waals surface area contributed by atoms with E-state index in [4.69, 9.17) is 5.26 Å². The van der Waals surface area contributed by atoms with Crippen molar-refractivity contribution in [1.82, 2.24) is 4.90 Å². The first kappa shape index (κ1) is 13.4. The number of likely N-dealkylation sites (N-methyl/N-ethyl adjacent to an activating group) is 1. The summed E-state index contributed by atoms with van der Waals surface area (Å²) >= 11 is 0. The molecule has 4 nitrogen and oxygen atoms in total. The summed E-state index contributed by atoms with van der Waals surface area (Å²) in [7, 11) is 1.87. The minimum atomic E-state index is -0.243. The van der Waals surface area contributed by atoms with E-state index in [9.17, 15) is 4.79 Å². The van der Waals surface area contributed by atoms with E-state index in [1.54, 1.807) is 6.07 Å². The van der Waals surface area contributed by atoms with Crippen molar-refractivity contribution in [2.24, 2.45) is 0 Å². The SMILES string of the molecule is CC(C(=O)N1CCCC1)N(C)c1ccccc1C#N. The second-order valence-corrected chi connectivity index (χ2v) is 4.95. The fourth-order valence-electron chi connectivity index (χ4n) is 2.45. The van der Waals surface area contributed by atoms with Crippen molar-refractivity contribution in [3.8, 4) is 6.07 Å². The number of carbonyl (C=O) groups is 1. The molecule has 0 spiro atoms. The fraction of sp³-hybridized carbons (Fsp3) is 0.467. The first-order chi connectivity index (χ1) is 9.15. The van der Waals surface area contributed by atoms with Crippen LogP contribution in [0.3, 0.4) is 0 Å². The third-order valence-corrected chi connectivity index (χ3v) is 3.76. The van der Waals surface area contributed by atoms with Crippen LogP contribution in [0.5, 0.6) is 0 Å². The number of rotatable bonds is 3. The lowest BCUT2D eigenvalue weighted by Crippen LogP contribution is -2.44. The molecule has 1 saturated heterocycles. The molecule has 0 bridgehead atoms. The van der Waals surface area contributed by atoms with Gasteiger partial charge >= 0.3 is 0 Å². The number of benzene rings is 1. The second kappa shape index (κ2) is 5.75. The van der Waals surface area contributed by atoms with Crippen LogP contribution >= 0.6 is 0 Å². The molecule has 0 aliphatic carbocycles. The third kappa shape index (κ3) is 2.70. The standard InChI is InChI=1S/C15H19N3O/c1-12(15(19)18-9-5-6-10-18)17(2)14-8-4-3-7-13(14)11-16/h3-4,7-8,12H,5-6,9-10H2,1-2H3. The molecule has 100 valence electrons. The molecule has 0 saturated carbocycles. The number of hydrogen-bond acceptors (Lipinski definition) is 3. The molecule has 0 aromatic heterocycles. The molecule has 1 aliphatic rings. The molecule has 1 aliphatic heterocycles. The van der Waals surface area contributed by atoms with Crippen molar-refractivity contribution in [1.29, 1.82) is 5.26 Å².